The highest BCUT2D eigenvalue weighted by Crippen LogP contribution is 2.41. The predicted molar refractivity (Wildman–Crippen MR) is 138 cm³/mol. The average molecular weight is 520 g/mol. The standard InChI is InChI=1S/C29H33N3O6/c1-4-36-22-11-8-20(9-12-22)27(33)25-26(21-10-13-23(37-5-2)24(18-21)38-6-3)32(29(35)28(25)34)16-7-15-31-17-14-30-19-31/h8-14,17-19,26H,4-7,15-16H2,1-3H3,(H,33,34). The molecule has 3 aromatic rings. The van der Waals surface area contributed by atoms with Crippen LogP contribution in [0.4, 0.5) is 0 Å². The highest BCUT2D eigenvalue weighted by Gasteiger charge is 2.44. The van der Waals surface area contributed by atoms with Crippen molar-refractivity contribution < 1.29 is 33.5 Å². The van der Waals surface area contributed by atoms with Crippen LogP contribution < -0.4 is 23.9 Å². The van der Waals surface area contributed by atoms with E-state index in [2.05, 4.69) is 4.98 Å². The van der Waals surface area contributed by atoms with Crippen LogP contribution in [0.5, 0.6) is 17.2 Å². The SMILES string of the molecule is CCOc1ccc(/C([O-])=C2\C(=O)C(=O)N(CCC[n+]3cc[nH]c3)C2c2ccc(OCC)c(OCC)c2)cc1. The normalized spacial score (nSPS) is 16.6. The number of hydrogen-bond donors (Lipinski definition) is 1. The molecule has 1 N–H and O–H groups in total. The van der Waals surface area contributed by atoms with Gasteiger partial charge in [-0.1, -0.05) is 24.0 Å². The van der Waals surface area contributed by atoms with E-state index in [4.69, 9.17) is 14.2 Å². The van der Waals surface area contributed by atoms with Gasteiger partial charge in [0.15, 0.2) is 11.5 Å². The fourth-order valence-electron chi connectivity index (χ4n) is 4.59. The first-order valence-corrected chi connectivity index (χ1v) is 12.9. The van der Waals surface area contributed by atoms with Crippen molar-refractivity contribution in [2.45, 2.75) is 39.8 Å². The number of likely N-dealkylation sites (tertiary alicyclic amines) is 1. The Morgan fingerprint density at radius 2 is 1.68 bits per heavy atom. The summed E-state index contributed by atoms with van der Waals surface area (Å²) in [5, 5.41) is 13.7. The number of rotatable bonds is 12. The van der Waals surface area contributed by atoms with E-state index in [1.807, 2.05) is 44.1 Å². The Hall–Kier alpha value is -4.27. The second kappa shape index (κ2) is 12.3. The lowest BCUT2D eigenvalue weighted by molar-refractivity contribution is -0.695. The number of H-pyrrole nitrogens is 1. The second-order valence-corrected chi connectivity index (χ2v) is 8.71. The molecule has 0 spiro atoms. The Morgan fingerprint density at radius 1 is 0.974 bits per heavy atom. The number of Topliss-reactive ketones (excluding diaryl/α,β-unsaturated/α-hetero) is 1. The first-order valence-electron chi connectivity index (χ1n) is 12.9. The van der Waals surface area contributed by atoms with Gasteiger partial charge in [0, 0.05) is 18.5 Å². The molecule has 1 atom stereocenters. The molecule has 0 aliphatic carbocycles. The van der Waals surface area contributed by atoms with Gasteiger partial charge >= 0.3 is 0 Å². The predicted octanol–water partition coefficient (Wildman–Crippen LogP) is 2.81. The van der Waals surface area contributed by atoms with Gasteiger partial charge in [-0.25, -0.2) is 4.57 Å². The van der Waals surface area contributed by atoms with Gasteiger partial charge in [0.1, 0.15) is 18.1 Å². The lowest BCUT2D eigenvalue weighted by atomic mass is 9.95. The van der Waals surface area contributed by atoms with Crippen LogP contribution in [0.2, 0.25) is 0 Å². The van der Waals surface area contributed by atoms with Crippen LogP contribution in [-0.4, -0.2) is 47.9 Å². The third-order valence-corrected chi connectivity index (χ3v) is 6.26. The zero-order valence-corrected chi connectivity index (χ0v) is 21.9. The Kier molecular flexibility index (Phi) is 8.68. The summed E-state index contributed by atoms with van der Waals surface area (Å²) in [6.07, 6.45) is 6.12. The van der Waals surface area contributed by atoms with Gasteiger partial charge in [-0.05, 0) is 56.2 Å². The van der Waals surface area contributed by atoms with Crippen LogP contribution in [0.25, 0.3) is 5.76 Å². The first-order chi connectivity index (χ1) is 18.5. The van der Waals surface area contributed by atoms with Crippen LogP contribution in [-0.2, 0) is 16.1 Å². The largest absolute Gasteiger partial charge is 0.872 e. The highest BCUT2D eigenvalue weighted by molar-refractivity contribution is 6.46. The van der Waals surface area contributed by atoms with Crippen molar-refractivity contribution in [3.63, 3.8) is 0 Å². The second-order valence-electron chi connectivity index (χ2n) is 8.71. The first kappa shape index (κ1) is 26.8. The number of benzene rings is 2. The molecule has 2 heterocycles. The molecule has 1 unspecified atom stereocenters. The van der Waals surface area contributed by atoms with E-state index in [-0.39, 0.29) is 5.57 Å². The average Bonchev–Trinajstić information content (AvgIpc) is 3.52. The molecule has 9 nitrogen and oxygen atoms in total. The molecule has 1 saturated heterocycles. The Balaban J connectivity index is 1.76. The Morgan fingerprint density at radius 3 is 2.34 bits per heavy atom. The van der Waals surface area contributed by atoms with Crippen molar-refractivity contribution in [3.05, 3.63) is 77.9 Å². The summed E-state index contributed by atoms with van der Waals surface area (Å²) in [7, 11) is 0. The monoisotopic (exact) mass is 519 g/mol. The lowest BCUT2D eigenvalue weighted by Crippen LogP contribution is -2.36. The molecule has 0 saturated carbocycles. The Labute approximate surface area is 222 Å². The van der Waals surface area contributed by atoms with Crippen molar-refractivity contribution in [2.24, 2.45) is 0 Å². The molecule has 1 aliphatic rings. The maximum absolute atomic E-state index is 13.7. The van der Waals surface area contributed by atoms with Crippen molar-refractivity contribution in [1.29, 1.82) is 0 Å². The summed E-state index contributed by atoms with van der Waals surface area (Å²) in [5.74, 6) is -0.273. The van der Waals surface area contributed by atoms with Gasteiger partial charge in [-0.2, -0.15) is 0 Å². The number of ketones is 1. The summed E-state index contributed by atoms with van der Waals surface area (Å²) < 4.78 is 18.9. The topological polar surface area (TPSA) is 108 Å². The number of imidazole rings is 1. The van der Waals surface area contributed by atoms with Gasteiger partial charge in [-0.15, -0.1) is 0 Å². The third kappa shape index (κ3) is 5.66. The summed E-state index contributed by atoms with van der Waals surface area (Å²) in [6, 6.07) is 11.0. The Bertz CT molecular complexity index is 1280. The summed E-state index contributed by atoms with van der Waals surface area (Å²) in [6.45, 7) is 7.91. The quantitative estimate of drug-likeness (QED) is 0.171. The van der Waals surface area contributed by atoms with Crippen LogP contribution >= 0.6 is 0 Å². The van der Waals surface area contributed by atoms with Crippen molar-refractivity contribution in [3.8, 4) is 17.2 Å². The number of carbonyl (C=O) groups is 2. The number of amides is 1. The zero-order chi connectivity index (χ0) is 27.1. The zero-order valence-electron chi connectivity index (χ0n) is 21.9. The minimum Gasteiger partial charge on any atom is -0.872 e. The van der Waals surface area contributed by atoms with Crippen molar-refractivity contribution in [2.75, 3.05) is 26.4 Å². The van der Waals surface area contributed by atoms with E-state index in [1.165, 1.54) is 4.90 Å². The van der Waals surface area contributed by atoms with E-state index >= 15 is 0 Å². The molecule has 0 radical (unpaired) electrons. The maximum atomic E-state index is 13.7. The smallest absolute Gasteiger partial charge is 0.295 e. The number of carbonyl (C=O) groups excluding carboxylic acids is 2. The fourth-order valence-corrected chi connectivity index (χ4v) is 4.59. The molecule has 4 rings (SSSR count). The van der Waals surface area contributed by atoms with E-state index < -0.39 is 23.5 Å². The number of nitrogens with one attached hydrogen (secondary N) is 1. The summed E-state index contributed by atoms with van der Waals surface area (Å²) in [4.78, 5) is 31.1. The number of hydrogen-bond acceptors (Lipinski definition) is 6. The molecule has 9 heteroatoms. The highest BCUT2D eigenvalue weighted by atomic mass is 16.5. The number of aryl methyl sites for hydroxylation is 1. The van der Waals surface area contributed by atoms with Crippen molar-refractivity contribution >= 4 is 17.4 Å². The van der Waals surface area contributed by atoms with Crippen LogP contribution in [0.3, 0.4) is 0 Å². The molecule has 1 aliphatic heterocycles. The number of aromatic nitrogens is 2. The van der Waals surface area contributed by atoms with Gasteiger partial charge in [-0.3, -0.25) is 14.6 Å². The minimum absolute atomic E-state index is 0.0694. The maximum Gasteiger partial charge on any atom is 0.295 e. The van der Waals surface area contributed by atoms with Gasteiger partial charge in [0.25, 0.3) is 5.91 Å². The van der Waals surface area contributed by atoms with Crippen LogP contribution in [0.1, 0.15) is 44.4 Å². The fraction of sp³-hybridized carbons (Fsp3) is 0.345. The van der Waals surface area contributed by atoms with Crippen LogP contribution in [0.15, 0.2) is 66.8 Å². The summed E-state index contributed by atoms with van der Waals surface area (Å²) in [5.41, 5.74) is 0.857. The number of aromatic amines is 1. The van der Waals surface area contributed by atoms with Crippen molar-refractivity contribution in [1.82, 2.24) is 9.88 Å². The third-order valence-electron chi connectivity index (χ3n) is 6.26. The van der Waals surface area contributed by atoms with E-state index in [0.29, 0.717) is 67.7 Å². The lowest BCUT2D eigenvalue weighted by Gasteiger charge is -2.28. The number of nitrogens with zero attached hydrogens (tertiary/aromatic N) is 2. The van der Waals surface area contributed by atoms with E-state index in [9.17, 15) is 14.7 Å². The van der Waals surface area contributed by atoms with Crippen LogP contribution in [0, 0.1) is 0 Å². The number of ether oxygens (including phenoxy) is 3. The molecule has 1 amide bonds. The van der Waals surface area contributed by atoms with Gasteiger partial charge in [0.05, 0.1) is 32.4 Å². The molecule has 2 aromatic carbocycles. The molecular weight excluding hydrogens is 486 g/mol. The molecule has 1 aromatic heterocycles. The van der Waals surface area contributed by atoms with Gasteiger partial charge < -0.3 is 24.2 Å². The van der Waals surface area contributed by atoms with E-state index in [1.54, 1.807) is 42.5 Å². The molecule has 200 valence electrons. The van der Waals surface area contributed by atoms with Gasteiger partial charge in [0.2, 0.25) is 12.1 Å². The molecule has 1 fully saturated rings. The minimum atomic E-state index is -0.847. The molecule has 38 heavy (non-hydrogen) atoms. The summed E-state index contributed by atoms with van der Waals surface area (Å²) >= 11 is 0. The molecule has 0 bridgehead atoms. The van der Waals surface area contributed by atoms with E-state index in [0.717, 1.165) is 0 Å². The molecular formula is C29H33N3O6.